The summed E-state index contributed by atoms with van der Waals surface area (Å²) in [7, 11) is 0. The standard InChI is InChI=1S/C47H25N5O2/c48-26-28-18-33(31-14-16-43-39(24-31)37-10-4-6-12-41(37)53-43)22-35(20-28)46-50-45(30-8-2-1-3-9-30)51-47(52-46)36-21-29(27-49)19-34(23-36)32-15-17-44-40(25-32)38-11-5-7-13-42(38)54-44/h1-25H. The molecule has 10 rings (SSSR count). The highest BCUT2D eigenvalue weighted by Crippen LogP contribution is 2.37. The smallest absolute Gasteiger partial charge is 0.164 e. The molecular weight excluding hydrogens is 667 g/mol. The van der Waals surface area contributed by atoms with Crippen molar-refractivity contribution < 1.29 is 8.83 Å². The van der Waals surface area contributed by atoms with E-state index in [4.69, 9.17) is 23.8 Å². The molecule has 0 radical (unpaired) electrons. The fourth-order valence-electron chi connectivity index (χ4n) is 7.14. The Morgan fingerprint density at radius 2 is 0.741 bits per heavy atom. The minimum Gasteiger partial charge on any atom is -0.456 e. The van der Waals surface area contributed by atoms with Crippen molar-refractivity contribution in [3.63, 3.8) is 0 Å². The van der Waals surface area contributed by atoms with Crippen molar-refractivity contribution in [1.82, 2.24) is 15.0 Å². The number of nitrogens with zero attached hydrogens (tertiary/aromatic N) is 5. The molecule has 0 unspecified atom stereocenters. The number of fused-ring (bicyclic) bond motifs is 6. The molecule has 3 heterocycles. The maximum absolute atomic E-state index is 10.2. The van der Waals surface area contributed by atoms with Gasteiger partial charge < -0.3 is 8.83 Å². The van der Waals surface area contributed by atoms with E-state index in [9.17, 15) is 10.5 Å². The molecule has 7 nitrogen and oxygen atoms in total. The van der Waals surface area contributed by atoms with Gasteiger partial charge >= 0.3 is 0 Å². The maximum atomic E-state index is 10.2. The number of hydrogen-bond acceptors (Lipinski definition) is 7. The third-order valence-electron chi connectivity index (χ3n) is 9.73. The summed E-state index contributed by atoms with van der Waals surface area (Å²) in [5.74, 6) is 1.28. The predicted molar refractivity (Wildman–Crippen MR) is 211 cm³/mol. The fourth-order valence-corrected chi connectivity index (χ4v) is 7.14. The zero-order chi connectivity index (χ0) is 36.2. The van der Waals surface area contributed by atoms with Gasteiger partial charge in [0.15, 0.2) is 17.5 Å². The van der Waals surface area contributed by atoms with E-state index in [1.165, 1.54) is 0 Å². The van der Waals surface area contributed by atoms with Gasteiger partial charge in [-0.25, -0.2) is 15.0 Å². The Morgan fingerprint density at radius 1 is 0.333 bits per heavy atom. The molecule has 0 spiro atoms. The Kier molecular flexibility index (Phi) is 7.11. The second-order valence-corrected chi connectivity index (χ2v) is 13.1. The summed E-state index contributed by atoms with van der Waals surface area (Å²) in [4.78, 5) is 14.9. The number of benzene rings is 7. The lowest BCUT2D eigenvalue weighted by Crippen LogP contribution is -2.01. The second-order valence-electron chi connectivity index (χ2n) is 13.1. The van der Waals surface area contributed by atoms with Gasteiger partial charge in [0, 0.05) is 38.2 Å². The monoisotopic (exact) mass is 691 g/mol. The van der Waals surface area contributed by atoms with Gasteiger partial charge in [-0.2, -0.15) is 10.5 Å². The van der Waals surface area contributed by atoms with Crippen molar-refractivity contribution in [2.45, 2.75) is 0 Å². The van der Waals surface area contributed by atoms with E-state index in [1.54, 1.807) is 12.1 Å². The number of aromatic nitrogens is 3. The van der Waals surface area contributed by atoms with Crippen LogP contribution < -0.4 is 0 Å². The van der Waals surface area contributed by atoms with Crippen LogP contribution >= 0.6 is 0 Å². The molecule has 0 aliphatic carbocycles. The number of para-hydroxylation sites is 2. The maximum Gasteiger partial charge on any atom is 0.164 e. The molecule has 54 heavy (non-hydrogen) atoms. The fraction of sp³-hybridized carbons (Fsp3) is 0. The molecule has 0 atom stereocenters. The van der Waals surface area contributed by atoms with Crippen LogP contribution in [0.1, 0.15) is 11.1 Å². The molecule has 0 amide bonds. The Hall–Kier alpha value is -7.87. The van der Waals surface area contributed by atoms with Gasteiger partial charge in [0.25, 0.3) is 0 Å². The van der Waals surface area contributed by atoms with Crippen LogP contribution in [0.5, 0.6) is 0 Å². The molecule has 0 saturated carbocycles. The summed E-state index contributed by atoms with van der Waals surface area (Å²) in [6.07, 6.45) is 0. The summed E-state index contributed by atoms with van der Waals surface area (Å²) in [6.45, 7) is 0. The molecule has 0 aliphatic heterocycles. The Morgan fingerprint density at radius 3 is 1.22 bits per heavy atom. The highest BCUT2D eigenvalue weighted by atomic mass is 16.3. The van der Waals surface area contributed by atoms with Crippen LogP contribution in [0.25, 0.3) is 100 Å². The first-order chi connectivity index (χ1) is 26.6. The summed E-state index contributed by atoms with van der Waals surface area (Å²) in [6, 6.07) is 53.7. The molecule has 0 fully saturated rings. The highest BCUT2D eigenvalue weighted by molar-refractivity contribution is 6.07. The normalized spacial score (nSPS) is 11.3. The molecule has 7 aromatic carbocycles. The molecular formula is C47H25N5O2. The van der Waals surface area contributed by atoms with Gasteiger partial charge in [-0.05, 0) is 95.1 Å². The quantitative estimate of drug-likeness (QED) is 0.176. The van der Waals surface area contributed by atoms with Crippen LogP contribution in [0.2, 0.25) is 0 Å². The van der Waals surface area contributed by atoms with Crippen molar-refractivity contribution >= 4 is 43.9 Å². The van der Waals surface area contributed by atoms with Gasteiger partial charge in [-0.3, -0.25) is 0 Å². The first-order valence-corrected chi connectivity index (χ1v) is 17.4. The largest absolute Gasteiger partial charge is 0.456 e. The van der Waals surface area contributed by atoms with E-state index in [1.807, 2.05) is 127 Å². The summed E-state index contributed by atoms with van der Waals surface area (Å²) in [5.41, 5.74) is 9.85. The van der Waals surface area contributed by atoms with E-state index in [0.29, 0.717) is 39.7 Å². The zero-order valence-electron chi connectivity index (χ0n) is 28.5. The summed E-state index contributed by atoms with van der Waals surface area (Å²) < 4.78 is 12.1. The topological polar surface area (TPSA) is 113 Å². The average Bonchev–Trinajstić information content (AvgIpc) is 3.81. The first kappa shape index (κ1) is 30.9. The average molecular weight is 692 g/mol. The number of hydrogen-bond donors (Lipinski definition) is 0. The highest BCUT2D eigenvalue weighted by Gasteiger charge is 2.17. The summed E-state index contributed by atoms with van der Waals surface area (Å²) in [5, 5.41) is 24.4. The molecule has 0 bridgehead atoms. The van der Waals surface area contributed by atoms with Crippen LogP contribution in [0, 0.1) is 22.7 Å². The first-order valence-electron chi connectivity index (χ1n) is 17.4. The molecule has 0 N–H and O–H groups in total. The van der Waals surface area contributed by atoms with Crippen molar-refractivity contribution in [1.29, 1.82) is 10.5 Å². The summed E-state index contributed by atoms with van der Waals surface area (Å²) >= 11 is 0. The molecule has 7 heteroatoms. The molecule has 0 aliphatic rings. The number of rotatable bonds is 5. The molecule has 250 valence electrons. The van der Waals surface area contributed by atoms with Crippen LogP contribution in [0.4, 0.5) is 0 Å². The third kappa shape index (κ3) is 5.33. The third-order valence-corrected chi connectivity index (χ3v) is 9.73. The van der Waals surface area contributed by atoms with E-state index in [2.05, 4.69) is 24.3 Å². The molecule has 10 aromatic rings. The van der Waals surface area contributed by atoms with Gasteiger partial charge in [-0.15, -0.1) is 0 Å². The Bertz CT molecular complexity index is 3010. The predicted octanol–water partition coefficient (Wildman–Crippen LogP) is 11.7. The number of nitriles is 2. The van der Waals surface area contributed by atoms with Gasteiger partial charge in [0.05, 0.1) is 23.3 Å². The van der Waals surface area contributed by atoms with Crippen molar-refractivity contribution in [3.05, 3.63) is 163 Å². The Balaban J connectivity index is 1.14. The lowest BCUT2D eigenvalue weighted by atomic mass is 9.97. The van der Waals surface area contributed by atoms with Gasteiger partial charge in [0.2, 0.25) is 0 Å². The van der Waals surface area contributed by atoms with E-state index >= 15 is 0 Å². The molecule has 0 saturated heterocycles. The van der Waals surface area contributed by atoms with Gasteiger partial charge in [0.1, 0.15) is 22.3 Å². The molecule has 3 aromatic heterocycles. The van der Waals surface area contributed by atoms with Crippen LogP contribution in [-0.2, 0) is 0 Å². The Labute approximate surface area is 308 Å². The lowest BCUT2D eigenvalue weighted by molar-refractivity contribution is 0.668. The van der Waals surface area contributed by atoms with Crippen LogP contribution in [0.3, 0.4) is 0 Å². The van der Waals surface area contributed by atoms with Crippen molar-refractivity contribution in [3.8, 4) is 68.6 Å². The number of furan rings is 2. The SMILES string of the molecule is N#Cc1cc(-c2ccc3oc4ccccc4c3c2)cc(-c2nc(-c3ccccc3)nc(-c3cc(C#N)cc(-c4ccc5oc6ccccc6c5c4)c3)n2)c1. The van der Waals surface area contributed by atoms with E-state index in [-0.39, 0.29) is 0 Å². The minimum atomic E-state index is 0.405. The second kappa shape index (κ2) is 12.4. The van der Waals surface area contributed by atoms with Crippen molar-refractivity contribution in [2.75, 3.05) is 0 Å². The minimum absolute atomic E-state index is 0.405. The van der Waals surface area contributed by atoms with Crippen LogP contribution in [-0.4, -0.2) is 15.0 Å². The van der Waals surface area contributed by atoms with Crippen molar-refractivity contribution in [2.24, 2.45) is 0 Å². The van der Waals surface area contributed by atoms with E-state index in [0.717, 1.165) is 71.7 Å². The zero-order valence-corrected chi connectivity index (χ0v) is 28.5. The van der Waals surface area contributed by atoms with Crippen LogP contribution in [0.15, 0.2) is 160 Å². The van der Waals surface area contributed by atoms with E-state index < -0.39 is 0 Å². The lowest BCUT2D eigenvalue weighted by Gasteiger charge is -2.12. The van der Waals surface area contributed by atoms with Gasteiger partial charge in [-0.1, -0.05) is 78.9 Å².